The molecule has 0 fully saturated rings. The van der Waals surface area contributed by atoms with Gasteiger partial charge in [0.25, 0.3) is 5.91 Å². The summed E-state index contributed by atoms with van der Waals surface area (Å²) < 4.78 is 30.9. The van der Waals surface area contributed by atoms with Crippen LogP contribution in [0.15, 0.2) is 30.6 Å². The Labute approximate surface area is 192 Å². The van der Waals surface area contributed by atoms with E-state index in [2.05, 4.69) is 15.8 Å². The number of imidazole rings is 1. The zero-order valence-electron chi connectivity index (χ0n) is 19.7. The van der Waals surface area contributed by atoms with Gasteiger partial charge in [-0.1, -0.05) is 33.8 Å². The van der Waals surface area contributed by atoms with Gasteiger partial charge in [-0.3, -0.25) is 9.63 Å². The van der Waals surface area contributed by atoms with E-state index in [9.17, 15) is 14.3 Å². The first kappa shape index (κ1) is 28.0. The third-order valence-electron chi connectivity index (χ3n) is 4.24. The number of amides is 1. The minimum Gasteiger partial charge on any atom is -0.394 e. The second-order valence-electron chi connectivity index (χ2n) is 6.52. The molecule has 182 valence electrons. The van der Waals surface area contributed by atoms with E-state index in [0.29, 0.717) is 11.1 Å². The second-order valence-corrected chi connectivity index (χ2v) is 6.52. The van der Waals surface area contributed by atoms with E-state index < -0.39 is 30.3 Å². The van der Waals surface area contributed by atoms with Gasteiger partial charge in [0.2, 0.25) is 0 Å². The number of halogens is 2. The molecule has 33 heavy (non-hydrogen) atoms. The molecule has 0 radical (unpaired) electrons. The topological polar surface area (TPSA) is 109 Å². The fourth-order valence-corrected chi connectivity index (χ4v) is 2.69. The van der Waals surface area contributed by atoms with Crippen LogP contribution in [0.3, 0.4) is 0 Å². The van der Waals surface area contributed by atoms with Gasteiger partial charge in [0.1, 0.15) is 24.0 Å². The summed E-state index contributed by atoms with van der Waals surface area (Å²) in [4.78, 5) is 21.4. The number of fused-ring (bicyclic) bond motifs is 1. The van der Waals surface area contributed by atoms with Gasteiger partial charge in [0.15, 0.2) is 5.82 Å². The number of rotatable bonds is 7. The third kappa shape index (κ3) is 6.95. The van der Waals surface area contributed by atoms with Crippen molar-refractivity contribution < 1.29 is 28.6 Å². The molecule has 0 spiro atoms. The number of hydrogen-bond donors (Lipinski definition) is 4. The third-order valence-corrected chi connectivity index (χ3v) is 4.24. The first-order valence-corrected chi connectivity index (χ1v) is 10.7. The highest BCUT2D eigenvalue weighted by Gasteiger charge is 2.22. The van der Waals surface area contributed by atoms with Crippen molar-refractivity contribution in [3.63, 3.8) is 0 Å². The lowest BCUT2D eigenvalue weighted by molar-refractivity contribution is -0.0295. The molecule has 10 heteroatoms. The highest BCUT2D eigenvalue weighted by atomic mass is 19.1. The lowest BCUT2D eigenvalue weighted by Crippen LogP contribution is -2.30. The molecule has 3 rings (SSSR count). The van der Waals surface area contributed by atoms with Gasteiger partial charge < -0.3 is 20.1 Å². The van der Waals surface area contributed by atoms with E-state index in [1.54, 1.807) is 20.0 Å². The average molecular weight is 467 g/mol. The molecule has 1 unspecified atom stereocenters. The summed E-state index contributed by atoms with van der Waals surface area (Å²) in [6, 6.07) is 5.74. The molecule has 0 bridgehead atoms. The molecule has 4 N–H and O–H groups in total. The van der Waals surface area contributed by atoms with Crippen LogP contribution in [0, 0.1) is 18.6 Å². The molecule has 1 amide bonds. The second kappa shape index (κ2) is 13.5. The van der Waals surface area contributed by atoms with Crippen LogP contribution in [-0.2, 0) is 11.9 Å². The van der Waals surface area contributed by atoms with Gasteiger partial charge in [0.05, 0.1) is 35.4 Å². The molecular weight excluding hydrogens is 434 g/mol. The molecule has 8 nitrogen and oxygen atoms in total. The highest BCUT2D eigenvalue weighted by molar-refractivity contribution is 6.04. The summed E-state index contributed by atoms with van der Waals surface area (Å²) in [5.74, 6) is -2.27. The standard InChI is InChI=1S/C19H20F2N4O4.2C2H6/c1-10-3-4-14(13(20)5-10)23-17-12(19(28)24-29-8-11(27)7-26)6-15-18(16(17)21)22-9-25(15)2;2*1-2/h3-6,9,11,23,26-27H,7-8H2,1-2H3,(H,24,28);2*1-2H3. The van der Waals surface area contributed by atoms with E-state index in [1.807, 2.05) is 27.7 Å². The van der Waals surface area contributed by atoms with Gasteiger partial charge in [-0.15, -0.1) is 0 Å². The molecule has 0 aliphatic carbocycles. The maximum atomic E-state index is 15.2. The predicted molar refractivity (Wildman–Crippen MR) is 124 cm³/mol. The number of hydrogen-bond acceptors (Lipinski definition) is 6. The van der Waals surface area contributed by atoms with Crippen LogP contribution in [0.25, 0.3) is 11.0 Å². The van der Waals surface area contributed by atoms with Gasteiger partial charge in [0, 0.05) is 7.05 Å². The summed E-state index contributed by atoms with van der Waals surface area (Å²) in [7, 11) is 1.64. The summed E-state index contributed by atoms with van der Waals surface area (Å²) in [5, 5.41) is 20.7. The van der Waals surface area contributed by atoms with Crippen molar-refractivity contribution in [3.05, 3.63) is 53.4 Å². The summed E-state index contributed by atoms with van der Waals surface area (Å²) in [5.41, 5.74) is 2.67. The lowest BCUT2D eigenvalue weighted by atomic mass is 10.1. The SMILES string of the molecule is CC.CC.Cc1ccc(Nc2c(C(=O)NOCC(O)CO)cc3c(ncn3C)c2F)c(F)c1. The number of carbonyl (C=O) groups is 1. The zero-order chi connectivity index (χ0) is 25.1. The van der Waals surface area contributed by atoms with E-state index in [4.69, 9.17) is 9.94 Å². The van der Waals surface area contributed by atoms with E-state index in [1.165, 1.54) is 29.1 Å². The van der Waals surface area contributed by atoms with E-state index >= 15 is 4.39 Å². The Morgan fingerprint density at radius 3 is 2.48 bits per heavy atom. The zero-order valence-corrected chi connectivity index (χ0v) is 19.7. The normalized spacial score (nSPS) is 11.1. The number of aromatic nitrogens is 2. The monoisotopic (exact) mass is 466 g/mol. The summed E-state index contributed by atoms with van der Waals surface area (Å²) in [6.07, 6.45) is 0.200. The number of benzene rings is 2. The number of aryl methyl sites for hydroxylation is 2. The molecule has 3 aromatic rings. The molecule has 0 saturated heterocycles. The number of anilines is 2. The number of aliphatic hydroxyl groups excluding tert-OH is 2. The van der Waals surface area contributed by atoms with Crippen LogP contribution in [-0.4, -0.2) is 45.0 Å². The van der Waals surface area contributed by atoms with Crippen LogP contribution in [0.5, 0.6) is 0 Å². The van der Waals surface area contributed by atoms with Crippen LogP contribution < -0.4 is 10.8 Å². The van der Waals surface area contributed by atoms with Crippen LogP contribution in [0.2, 0.25) is 0 Å². The van der Waals surface area contributed by atoms with Crippen molar-refractivity contribution in [1.29, 1.82) is 0 Å². The Kier molecular flexibility index (Phi) is 11.4. The first-order chi connectivity index (χ1) is 15.8. The Morgan fingerprint density at radius 1 is 1.21 bits per heavy atom. The molecule has 0 aliphatic rings. The van der Waals surface area contributed by atoms with E-state index in [-0.39, 0.29) is 29.1 Å². The summed E-state index contributed by atoms with van der Waals surface area (Å²) >= 11 is 0. The summed E-state index contributed by atoms with van der Waals surface area (Å²) in [6.45, 7) is 8.80. The van der Waals surface area contributed by atoms with Gasteiger partial charge in [-0.2, -0.15) is 0 Å². The number of nitrogens with one attached hydrogen (secondary N) is 2. The minimum atomic E-state index is -1.19. The molecule has 1 aromatic heterocycles. The molecule has 0 saturated carbocycles. The lowest BCUT2D eigenvalue weighted by Gasteiger charge is -2.15. The Balaban J connectivity index is 0.00000129. The highest BCUT2D eigenvalue weighted by Crippen LogP contribution is 2.31. The fraction of sp³-hybridized carbons (Fsp3) is 0.391. The first-order valence-electron chi connectivity index (χ1n) is 10.7. The smallest absolute Gasteiger partial charge is 0.277 e. The Morgan fingerprint density at radius 2 is 1.88 bits per heavy atom. The Bertz CT molecular complexity index is 1060. The van der Waals surface area contributed by atoms with Crippen molar-refractivity contribution in [2.75, 3.05) is 18.5 Å². The molecule has 1 atom stereocenters. The van der Waals surface area contributed by atoms with Gasteiger partial charge in [-0.25, -0.2) is 19.2 Å². The molecular formula is C23H32F2N4O4. The number of hydroxylamine groups is 1. The molecule has 2 aromatic carbocycles. The maximum Gasteiger partial charge on any atom is 0.277 e. The van der Waals surface area contributed by atoms with Crippen LogP contribution in [0.1, 0.15) is 43.6 Å². The van der Waals surface area contributed by atoms with Crippen LogP contribution >= 0.6 is 0 Å². The quantitative estimate of drug-likeness (QED) is 0.393. The van der Waals surface area contributed by atoms with Crippen molar-refractivity contribution in [2.24, 2.45) is 7.05 Å². The van der Waals surface area contributed by atoms with Crippen LogP contribution in [0.4, 0.5) is 20.2 Å². The van der Waals surface area contributed by atoms with Gasteiger partial charge >= 0.3 is 0 Å². The predicted octanol–water partition coefficient (Wildman–Crippen LogP) is 3.97. The molecule has 1 heterocycles. The Hall–Kier alpha value is -3.08. The maximum absolute atomic E-state index is 15.2. The number of aliphatic hydroxyl groups is 2. The van der Waals surface area contributed by atoms with Crippen molar-refractivity contribution in [1.82, 2.24) is 15.0 Å². The number of nitrogens with zero attached hydrogens (tertiary/aromatic N) is 2. The fourth-order valence-electron chi connectivity index (χ4n) is 2.69. The van der Waals surface area contributed by atoms with Crippen molar-refractivity contribution >= 4 is 28.3 Å². The largest absolute Gasteiger partial charge is 0.394 e. The van der Waals surface area contributed by atoms with Crippen molar-refractivity contribution in [3.8, 4) is 0 Å². The minimum absolute atomic E-state index is 0.00990. The average Bonchev–Trinajstić information content (AvgIpc) is 3.20. The number of carbonyl (C=O) groups excluding carboxylic acids is 1. The van der Waals surface area contributed by atoms with E-state index in [0.717, 1.165) is 0 Å². The van der Waals surface area contributed by atoms with Gasteiger partial charge in [-0.05, 0) is 30.7 Å². The van der Waals surface area contributed by atoms with Crippen molar-refractivity contribution in [2.45, 2.75) is 40.7 Å². The molecule has 0 aliphatic heterocycles.